The van der Waals surface area contributed by atoms with Crippen LogP contribution in [0.4, 0.5) is 18.9 Å². The van der Waals surface area contributed by atoms with E-state index in [0.29, 0.717) is 5.65 Å². The summed E-state index contributed by atoms with van der Waals surface area (Å²) < 4.78 is 49.0. The minimum absolute atomic E-state index is 0.111. The Bertz CT molecular complexity index is 1080. The highest BCUT2D eigenvalue weighted by Crippen LogP contribution is 2.38. The standard InChI is InChI=1S/C19H16F3N5O2/c20-13-5-4-11(7-12(13)19(18(21)22)10-29-9-15(23)26-19)24-17(28)14-8-27-6-2-1-3-16(27)25-14/h1-8,18H,9-10H2,(H2,23,26)(H,24,28). The number of pyridine rings is 1. The normalized spacial score (nSPS) is 19.4. The van der Waals surface area contributed by atoms with Crippen LogP contribution >= 0.6 is 0 Å². The fourth-order valence-electron chi connectivity index (χ4n) is 3.17. The van der Waals surface area contributed by atoms with Gasteiger partial charge in [-0.25, -0.2) is 18.2 Å². The highest BCUT2D eigenvalue weighted by Gasteiger charge is 2.46. The quantitative estimate of drug-likeness (QED) is 0.700. The maximum absolute atomic E-state index is 14.5. The number of nitrogens with zero attached hydrogens (tertiary/aromatic N) is 3. The monoisotopic (exact) mass is 403 g/mol. The van der Waals surface area contributed by atoms with Gasteiger partial charge in [-0.3, -0.25) is 9.79 Å². The van der Waals surface area contributed by atoms with E-state index in [9.17, 15) is 18.0 Å². The van der Waals surface area contributed by atoms with Crippen LogP contribution in [0.25, 0.3) is 5.65 Å². The summed E-state index contributed by atoms with van der Waals surface area (Å²) in [5, 5.41) is 2.55. The molecule has 1 aliphatic heterocycles. The summed E-state index contributed by atoms with van der Waals surface area (Å²) in [7, 11) is 0. The van der Waals surface area contributed by atoms with E-state index in [2.05, 4.69) is 15.3 Å². The Labute approximate surface area is 163 Å². The third kappa shape index (κ3) is 3.42. The number of halogens is 3. The summed E-state index contributed by atoms with van der Waals surface area (Å²) in [5.41, 5.74) is 3.66. The number of benzene rings is 1. The summed E-state index contributed by atoms with van der Waals surface area (Å²) in [5.74, 6) is -1.63. The average Bonchev–Trinajstić information content (AvgIpc) is 3.13. The second-order valence-electron chi connectivity index (χ2n) is 6.56. The molecule has 0 saturated carbocycles. The lowest BCUT2D eigenvalue weighted by Crippen LogP contribution is -2.45. The van der Waals surface area contributed by atoms with Crippen LogP contribution < -0.4 is 11.1 Å². The van der Waals surface area contributed by atoms with Gasteiger partial charge >= 0.3 is 0 Å². The summed E-state index contributed by atoms with van der Waals surface area (Å²) in [4.78, 5) is 20.5. The van der Waals surface area contributed by atoms with Crippen LogP contribution in [0.3, 0.4) is 0 Å². The molecule has 1 aromatic carbocycles. The molecule has 0 aliphatic carbocycles. The molecule has 3 aromatic rings. The summed E-state index contributed by atoms with van der Waals surface area (Å²) >= 11 is 0. The molecule has 7 nitrogen and oxygen atoms in total. The Balaban J connectivity index is 1.67. The lowest BCUT2D eigenvalue weighted by Gasteiger charge is -2.33. The van der Waals surface area contributed by atoms with Gasteiger partial charge in [0.25, 0.3) is 12.3 Å². The van der Waals surface area contributed by atoms with Crippen molar-refractivity contribution in [3.05, 3.63) is 65.9 Å². The van der Waals surface area contributed by atoms with E-state index in [1.54, 1.807) is 28.8 Å². The number of fused-ring (bicyclic) bond motifs is 1. The minimum Gasteiger partial charge on any atom is -0.385 e. The van der Waals surface area contributed by atoms with Gasteiger partial charge < -0.3 is 20.2 Å². The number of anilines is 1. The number of carbonyl (C=O) groups excluding carboxylic acids is 1. The van der Waals surface area contributed by atoms with E-state index in [1.807, 2.05) is 0 Å². The predicted octanol–water partition coefficient (Wildman–Crippen LogP) is 2.57. The zero-order valence-electron chi connectivity index (χ0n) is 15.0. The van der Waals surface area contributed by atoms with Gasteiger partial charge in [-0.15, -0.1) is 0 Å². The number of alkyl halides is 2. The zero-order valence-corrected chi connectivity index (χ0v) is 15.0. The van der Waals surface area contributed by atoms with Crippen molar-refractivity contribution in [1.29, 1.82) is 0 Å². The zero-order chi connectivity index (χ0) is 20.6. The Morgan fingerprint density at radius 1 is 1.31 bits per heavy atom. The molecule has 10 heteroatoms. The number of aliphatic imine (C=N–C) groups is 1. The van der Waals surface area contributed by atoms with Gasteiger partial charge in [0.2, 0.25) is 0 Å². The second kappa shape index (κ2) is 7.21. The molecule has 1 unspecified atom stereocenters. The lowest BCUT2D eigenvalue weighted by molar-refractivity contribution is -0.0145. The van der Waals surface area contributed by atoms with E-state index in [-0.39, 0.29) is 23.8 Å². The Morgan fingerprint density at radius 3 is 2.86 bits per heavy atom. The molecule has 0 fully saturated rings. The molecule has 3 heterocycles. The number of amidine groups is 1. The summed E-state index contributed by atoms with van der Waals surface area (Å²) in [6.45, 7) is -0.646. The number of nitrogens with one attached hydrogen (secondary N) is 1. The van der Waals surface area contributed by atoms with Crippen LogP contribution in [0.2, 0.25) is 0 Å². The molecule has 4 rings (SSSR count). The van der Waals surface area contributed by atoms with Crippen molar-refractivity contribution in [2.45, 2.75) is 12.0 Å². The topological polar surface area (TPSA) is 94.0 Å². The Hall–Kier alpha value is -3.40. The number of aromatic nitrogens is 2. The molecule has 0 spiro atoms. The highest BCUT2D eigenvalue weighted by atomic mass is 19.3. The number of nitrogens with two attached hydrogens (primary N) is 1. The van der Waals surface area contributed by atoms with Crippen LogP contribution in [-0.2, 0) is 10.3 Å². The first-order valence-corrected chi connectivity index (χ1v) is 8.64. The third-order valence-corrected chi connectivity index (χ3v) is 4.56. The summed E-state index contributed by atoms with van der Waals surface area (Å²) in [6, 6.07) is 8.65. The number of hydrogen-bond acceptors (Lipinski definition) is 5. The lowest BCUT2D eigenvalue weighted by atomic mass is 9.90. The molecule has 2 aromatic heterocycles. The van der Waals surface area contributed by atoms with Crippen molar-refractivity contribution in [3.63, 3.8) is 0 Å². The van der Waals surface area contributed by atoms with Crippen molar-refractivity contribution in [3.8, 4) is 0 Å². The molecule has 1 atom stereocenters. The smallest absolute Gasteiger partial charge is 0.275 e. The van der Waals surface area contributed by atoms with E-state index < -0.39 is 35.9 Å². The molecule has 1 amide bonds. The van der Waals surface area contributed by atoms with Crippen LogP contribution in [-0.4, -0.2) is 40.8 Å². The third-order valence-electron chi connectivity index (χ3n) is 4.56. The SMILES string of the molecule is NC1=NC(c2cc(NC(=O)c3cn4ccccc4n3)ccc2F)(C(F)F)COC1. The van der Waals surface area contributed by atoms with Crippen molar-refractivity contribution in [2.24, 2.45) is 10.7 Å². The maximum atomic E-state index is 14.5. The minimum atomic E-state index is -3.07. The van der Waals surface area contributed by atoms with Crippen molar-refractivity contribution in [2.75, 3.05) is 18.5 Å². The van der Waals surface area contributed by atoms with Crippen LogP contribution in [0.15, 0.2) is 53.8 Å². The predicted molar refractivity (Wildman–Crippen MR) is 99.7 cm³/mol. The van der Waals surface area contributed by atoms with Crippen LogP contribution in [0.1, 0.15) is 16.1 Å². The van der Waals surface area contributed by atoms with Gasteiger partial charge in [0.05, 0.1) is 6.61 Å². The molecular weight excluding hydrogens is 387 g/mol. The van der Waals surface area contributed by atoms with Crippen molar-refractivity contribution >= 4 is 23.1 Å². The van der Waals surface area contributed by atoms with Gasteiger partial charge in [-0.05, 0) is 30.3 Å². The fourth-order valence-corrected chi connectivity index (χ4v) is 3.17. The molecule has 3 N–H and O–H groups in total. The molecule has 150 valence electrons. The van der Waals surface area contributed by atoms with E-state index in [1.165, 1.54) is 12.3 Å². The molecule has 0 saturated heterocycles. The van der Waals surface area contributed by atoms with Crippen LogP contribution in [0, 0.1) is 5.82 Å². The first kappa shape index (κ1) is 18.9. The first-order chi connectivity index (χ1) is 13.9. The fraction of sp³-hybridized carbons (Fsp3) is 0.211. The van der Waals surface area contributed by atoms with Gasteiger partial charge in [0, 0.05) is 23.6 Å². The number of carbonyl (C=O) groups is 1. The largest absolute Gasteiger partial charge is 0.385 e. The number of imidazole rings is 1. The van der Waals surface area contributed by atoms with E-state index in [0.717, 1.165) is 12.1 Å². The summed E-state index contributed by atoms with van der Waals surface area (Å²) in [6.07, 6.45) is 0.183. The molecular formula is C19H16F3N5O2. The molecule has 29 heavy (non-hydrogen) atoms. The van der Waals surface area contributed by atoms with Gasteiger partial charge in [-0.2, -0.15) is 0 Å². The first-order valence-electron chi connectivity index (χ1n) is 8.64. The second-order valence-corrected chi connectivity index (χ2v) is 6.56. The molecule has 0 bridgehead atoms. The number of hydrogen-bond donors (Lipinski definition) is 2. The van der Waals surface area contributed by atoms with Gasteiger partial charge in [0.15, 0.2) is 5.54 Å². The number of ether oxygens (including phenoxy) is 1. The van der Waals surface area contributed by atoms with Gasteiger partial charge in [-0.1, -0.05) is 6.07 Å². The van der Waals surface area contributed by atoms with Crippen molar-refractivity contribution in [1.82, 2.24) is 9.38 Å². The Morgan fingerprint density at radius 2 is 2.14 bits per heavy atom. The molecule has 0 radical (unpaired) electrons. The maximum Gasteiger partial charge on any atom is 0.275 e. The number of rotatable bonds is 4. The van der Waals surface area contributed by atoms with Crippen molar-refractivity contribution < 1.29 is 22.7 Å². The van der Waals surface area contributed by atoms with E-state index >= 15 is 0 Å². The molecule has 1 aliphatic rings. The van der Waals surface area contributed by atoms with E-state index in [4.69, 9.17) is 10.5 Å². The van der Waals surface area contributed by atoms with Crippen LogP contribution in [0.5, 0.6) is 0 Å². The highest BCUT2D eigenvalue weighted by molar-refractivity contribution is 6.03. The number of amides is 1. The Kier molecular flexibility index (Phi) is 4.71. The van der Waals surface area contributed by atoms with Gasteiger partial charge in [0.1, 0.15) is 29.6 Å². The average molecular weight is 403 g/mol.